The molecule has 68 valence electrons. The lowest BCUT2D eigenvalue weighted by molar-refractivity contribution is -0.143. The van der Waals surface area contributed by atoms with Crippen LogP contribution in [0.5, 0.6) is 0 Å². The zero-order chi connectivity index (χ0) is 9.40. The van der Waals surface area contributed by atoms with Crippen LogP contribution in [-0.2, 0) is 9.53 Å². The molecule has 0 saturated heterocycles. The van der Waals surface area contributed by atoms with Crippen molar-refractivity contribution in [2.45, 2.75) is 19.8 Å². The van der Waals surface area contributed by atoms with Gasteiger partial charge in [0.1, 0.15) is 0 Å². The van der Waals surface area contributed by atoms with Gasteiger partial charge in [0.2, 0.25) is 0 Å². The Morgan fingerprint density at radius 3 is 2.75 bits per heavy atom. The maximum absolute atomic E-state index is 11.1. The quantitative estimate of drug-likeness (QED) is 0.465. The lowest BCUT2D eigenvalue weighted by Gasteiger charge is -2.06. The molecule has 1 unspecified atom stereocenters. The summed E-state index contributed by atoms with van der Waals surface area (Å²) < 4.78 is 4.62. The Morgan fingerprint density at radius 2 is 2.33 bits per heavy atom. The fraction of sp³-hybridized carbons (Fsp3) is 0.500. The van der Waals surface area contributed by atoms with Gasteiger partial charge in [-0.05, 0) is 12.8 Å². The molecule has 0 aliphatic carbocycles. The fourth-order valence-electron chi connectivity index (χ4n) is 0.885. The molecule has 0 saturated carbocycles. The van der Waals surface area contributed by atoms with Crippen LogP contribution in [0.1, 0.15) is 19.8 Å². The summed E-state index contributed by atoms with van der Waals surface area (Å²) in [6.07, 6.45) is 7.13. The van der Waals surface area contributed by atoms with Gasteiger partial charge in [-0.15, -0.1) is 6.58 Å². The fourth-order valence-corrected chi connectivity index (χ4v) is 0.885. The molecule has 2 heteroatoms. The van der Waals surface area contributed by atoms with Crippen LogP contribution in [0, 0.1) is 5.92 Å². The van der Waals surface area contributed by atoms with Crippen LogP contribution in [0.2, 0.25) is 0 Å². The smallest absolute Gasteiger partial charge is 0.312 e. The Kier molecular flexibility index (Phi) is 6.07. The number of methoxy groups -OCH3 is 1. The highest BCUT2D eigenvalue weighted by Crippen LogP contribution is 2.08. The molecule has 0 aliphatic heterocycles. The van der Waals surface area contributed by atoms with Gasteiger partial charge in [-0.1, -0.05) is 25.2 Å². The van der Waals surface area contributed by atoms with Crippen molar-refractivity contribution < 1.29 is 9.53 Å². The zero-order valence-electron chi connectivity index (χ0n) is 7.75. The average molecular weight is 168 g/mol. The number of rotatable bonds is 5. The van der Waals surface area contributed by atoms with Gasteiger partial charge in [0.15, 0.2) is 0 Å². The summed E-state index contributed by atoms with van der Waals surface area (Å²) in [4.78, 5) is 11.1. The van der Waals surface area contributed by atoms with Gasteiger partial charge in [-0.2, -0.15) is 0 Å². The third kappa shape index (κ3) is 3.96. The molecule has 0 aliphatic rings. The first kappa shape index (κ1) is 11.0. The third-order valence-electron chi connectivity index (χ3n) is 1.53. The molecule has 12 heavy (non-hydrogen) atoms. The summed E-state index contributed by atoms with van der Waals surface area (Å²) in [6.45, 7) is 5.61. The molecule has 0 aromatic rings. The molecule has 2 nitrogen and oxygen atoms in total. The van der Waals surface area contributed by atoms with Gasteiger partial charge >= 0.3 is 5.97 Å². The number of esters is 1. The molecule has 0 radical (unpaired) electrons. The average Bonchev–Trinajstić information content (AvgIpc) is 2.11. The minimum absolute atomic E-state index is 0.160. The Morgan fingerprint density at radius 1 is 1.67 bits per heavy atom. The summed E-state index contributed by atoms with van der Waals surface area (Å²) in [6, 6.07) is 0. The van der Waals surface area contributed by atoms with E-state index in [0.717, 1.165) is 6.42 Å². The number of allylic oxidation sites excluding steroid dienone is 2. The lowest BCUT2D eigenvalue weighted by Crippen LogP contribution is -2.12. The number of hydrogen-bond acceptors (Lipinski definition) is 2. The van der Waals surface area contributed by atoms with Gasteiger partial charge in [0, 0.05) is 0 Å². The monoisotopic (exact) mass is 168 g/mol. The van der Waals surface area contributed by atoms with E-state index < -0.39 is 0 Å². The van der Waals surface area contributed by atoms with E-state index in [1.807, 2.05) is 19.1 Å². The predicted octanol–water partition coefficient (Wildman–Crippen LogP) is 2.32. The second kappa shape index (κ2) is 6.65. The number of hydrogen-bond donors (Lipinski definition) is 0. The highest BCUT2D eigenvalue weighted by atomic mass is 16.5. The summed E-state index contributed by atoms with van der Waals surface area (Å²) >= 11 is 0. The Balaban J connectivity index is 4.11. The van der Waals surface area contributed by atoms with Gasteiger partial charge in [0.05, 0.1) is 13.0 Å². The molecule has 0 heterocycles. The summed E-state index contributed by atoms with van der Waals surface area (Å²) in [7, 11) is 1.40. The van der Waals surface area contributed by atoms with Crippen molar-refractivity contribution >= 4 is 5.97 Å². The van der Waals surface area contributed by atoms with E-state index in [4.69, 9.17) is 0 Å². The van der Waals surface area contributed by atoms with E-state index in [1.165, 1.54) is 7.11 Å². The molecule has 0 aromatic heterocycles. The van der Waals surface area contributed by atoms with E-state index in [1.54, 1.807) is 6.08 Å². The normalized spacial score (nSPS) is 12.8. The third-order valence-corrected chi connectivity index (χ3v) is 1.53. The summed E-state index contributed by atoms with van der Waals surface area (Å²) in [5, 5.41) is 0. The second-order valence-corrected chi connectivity index (χ2v) is 2.49. The van der Waals surface area contributed by atoms with E-state index >= 15 is 0 Å². The van der Waals surface area contributed by atoms with Crippen molar-refractivity contribution in [1.82, 2.24) is 0 Å². The minimum atomic E-state index is -0.195. The molecule has 0 rings (SSSR count). The van der Waals surface area contributed by atoms with Crippen molar-refractivity contribution in [2.75, 3.05) is 7.11 Å². The van der Waals surface area contributed by atoms with Crippen LogP contribution < -0.4 is 0 Å². The molecule has 0 N–H and O–H groups in total. The van der Waals surface area contributed by atoms with Crippen LogP contribution in [0.4, 0.5) is 0 Å². The molecular weight excluding hydrogens is 152 g/mol. The van der Waals surface area contributed by atoms with Crippen molar-refractivity contribution in [3.05, 3.63) is 24.8 Å². The molecule has 0 bridgehead atoms. The van der Waals surface area contributed by atoms with Crippen LogP contribution >= 0.6 is 0 Å². The Hall–Kier alpha value is -1.05. The lowest BCUT2D eigenvalue weighted by atomic mass is 10.1. The number of carbonyl (C=O) groups excluding carboxylic acids is 1. The molecule has 0 aromatic carbocycles. The van der Waals surface area contributed by atoms with Gasteiger partial charge in [-0.3, -0.25) is 4.79 Å². The van der Waals surface area contributed by atoms with E-state index in [0.29, 0.717) is 6.42 Å². The van der Waals surface area contributed by atoms with E-state index in [-0.39, 0.29) is 11.9 Å². The van der Waals surface area contributed by atoms with Gasteiger partial charge in [-0.25, -0.2) is 0 Å². The first-order valence-corrected chi connectivity index (χ1v) is 4.11. The number of ether oxygens (including phenoxy) is 1. The highest BCUT2D eigenvalue weighted by Gasteiger charge is 2.12. The number of carbonyl (C=O) groups is 1. The van der Waals surface area contributed by atoms with Crippen molar-refractivity contribution in [1.29, 1.82) is 0 Å². The molecule has 0 amide bonds. The first-order chi connectivity index (χ1) is 5.76. The molecule has 0 spiro atoms. The summed E-state index contributed by atoms with van der Waals surface area (Å²) in [5.41, 5.74) is 0. The Bertz CT molecular complexity index is 171. The standard InChI is InChI=1S/C10H16O2/c1-4-6-8-9(7-5-2)10(11)12-3/h5-6,8-9H,2,4,7H2,1,3H3/b8-6+. The molecule has 0 fully saturated rings. The predicted molar refractivity (Wildman–Crippen MR) is 49.8 cm³/mol. The van der Waals surface area contributed by atoms with Crippen LogP contribution in [0.25, 0.3) is 0 Å². The van der Waals surface area contributed by atoms with Crippen LogP contribution in [0.3, 0.4) is 0 Å². The highest BCUT2D eigenvalue weighted by molar-refractivity contribution is 5.74. The Labute approximate surface area is 73.9 Å². The van der Waals surface area contributed by atoms with Crippen molar-refractivity contribution in [3.63, 3.8) is 0 Å². The molecular formula is C10H16O2. The maximum Gasteiger partial charge on any atom is 0.312 e. The van der Waals surface area contributed by atoms with Crippen LogP contribution in [0.15, 0.2) is 24.8 Å². The van der Waals surface area contributed by atoms with Gasteiger partial charge in [0.25, 0.3) is 0 Å². The SMILES string of the molecule is C=CCC(/C=C/CC)C(=O)OC. The molecule has 1 atom stereocenters. The zero-order valence-corrected chi connectivity index (χ0v) is 7.75. The van der Waals surface area contributed by atoms with Crippen molar-refractivity contribution in [3.8, 4) is 0 Å². The first-order valence-electron chi connectivity index (χ1n) is 4.11. The van der Waals surface area contributed by atoms with E-state index in [2.05, 4.69) is 11.3 Å². The second-order valence-electron chi connectivity index (χ2n) is 2.49. The van der Waals surface area contributed by atoms with Crippen molar-refractivity contribution in [2.24, 2.45) is 5.92 Å². The van der Waals surface area contributed by atoms with Crippen LogP contribution in [-0.4, -0.2) is 13.1 Å². The maximum atomic E-state index is 11.1. The minimum Gasteiger partial charge on any atom is -0.469 e. The van der Waals surface area contributed by atoms with E-state index in [9.17, 15) is 4.79 Å². The largest absolute Gasteiger partial charge is 0.469 e. The summed E-state index contributed by atoms with van der Waals surface area (Å²) in [5.74, 6) is -0.355. The van der Waals surface area contributed by atoms with Gasteiger partial charge < -0.3 is 4.74 Å². The topological polar surface area (TPSA) is 26.3 Å².